The lowest BCUT2D eigenvalue weighted by atomic mass is 9.99. The minimum Gasteiger partial charge on any atom is -0.381 e. The third-order valence-electron chi connectivity index (χ3n) is 5.38. The van der Waals surface area contributed by atoms with Crippen LogP contribution in [0.5, 0.6) is 0 Å². The zero-order chi connectivity index (χ0) is 22.2. The number of methoxy groups -OCH3 is 1. The number of ether oxygens (including phenoxy) is 1. The van der Waals surface area contributed by atoms with E-state index >= 15 is 0 Å². The highest BCUT2D eigenvalue weighted by atomic mass is 19.1. The number of nitrogens with zero attached hydrogens (tertiary/aromatic N) is 2. The zero-order valence-electron chi connectivity index (χ0n) is 17.7. The molecule has 4 rings (SSSR count). The smallest absolute Gasteiger partial charge is 0.257 e. The molecule has 1 atom stereocenters. The SMILES string of the molecule is CC.COCc1c(C(O)C=O)cc2n(c1=O)Cc1c-2nc2cc(F)c(C)cc2c1C. The first-order valence-corrected chi connectivity index (χ1v) is 9.86. The fourth-order valence-electron chi connectivity index (χ4n) is 3.84. The van der Waals surface area contributed by atoms with Gasteiger partial charge in [0.2, 0.25) is 0 Å². The van der Waals surface area contributed by atoms with E-state index in [9.17, 15) is 19.1 Å². The number of carbonyl (C=O) groups excluding carboxylic acids is 1. The zero-order valence-corrected chi connectivity index (χ0v) is 17.7. The third-order valence-corrected chi connectivity index (χ3v) is 5.38. The van der Waals surface area contributed by atoms with Crippen molar-refractivity contribution in [3.63, 3.8) is 0 Å². The van der Waals surface area contributed by atoms with Gasteiger partial charge in [0.25, 0.3) is 5.56 Å². The Balaban J connectivity index is 0.00000124. The minimum absolute atomic E-state index is 0.0194. The van der Waals surface area contributed by atoms with Crippen LogP contribution in [0.1, 0.15) is 47.8 Å². The third kappa shape index (κ3) is 3.34. The summed E-state index contributed by atoms with van der Waals surface area (Å²) in [5, 5.41) is 10.9. The fourth-order valence-corrected chi connectivity index (χ4v) is 3.84. The second-order valence-corrected chi connectivity index (χ2v) is 7.05. The lowest BCUT2D eigenvalue weighted by molar-refractivity contribution is -0.115. The maximum Gasteiger partial charge on any atom is 0.257 e. The summed E-state index contributed by atoms with van der Waals surface area (Å²) in [7, 11) is 1.44. The molecule has 3 heterocycles. The number of hydrogen-bond acceptors (Lipinski definition) is 5. The Labute approximate surface area is 174 Å². The average molecular weight is 412 g/mol. The summed E-state index contributed by atoms with van der Waals surface area (Å²) >= 11 is 0. The molecule has 1 aliphatic rings. The molecule has 0 spiro atoms. The highest BCUT2D eigenvalue weighted by molar-refractivity contribution is 5.88. The van der Waals surface area contributed by atoms with Crippen LogP contribution in [0.15, 0.2) is 23.0 Å². The summed E-state index contributed by atoms with van der Waals surface area (Å²) in [5.74, 6) is -0.345. The number of aliphatic hydroxyl groups excluding tert-OH is 1. The first kappa shape index (κ1) is 21.8. The summed E-state index contributed by atoms with van der Waals surface area (Å²) in [4.78, 5) is 28.8. The normalized spacial score (nSPS) is 12.8. The van der Waals surface area contributed by atoms with Gasteiger partial charge in [0.15, 0.2) is 6.29 Å². The van der Waals surface area contributed by atoms with Crippen LogP contribution in [0.2, 0.25) is 0 Å². The van der Waals surface area contributed by atoms with E-state index in [0.717, 1.165) is 16.5 Å². The number of fused-ring (bicyclic) bond motifs is 4. The van der Waals surface area contributed by atoms with Crippen LogP contribution in [-0.4, -0.2) is 28.1 Å². The highest BCUT2D eigenvalue weighted by Crippen LogP contribution is 2.36. The van der Waals surface area contributed by atoms with Crippen molar-refractivity contribution >= 4 is 17.2 Å². The van der Waals surface area contributed by atoms with Crippen molar-refractivity contribution in [3.8, 4) is 11.4 Å². The van der Waals surface area contributed by atoms with Crippen LogP contribution in [0.4, 0.5) is 4.39 Å². The molecule has 0 radical (unpaired) electrons. The fraction of sp³-hybridized carbons (Fsp3) is 0.348. The Bertz CT molecular complexity index is 1200. The lowest BCUT2D eigenvalue weighted by Gasteiger charge is -2.14. The number of aliphatic hydroxyl groups is 1. The summed E-state index contributed by atoms with van der Waals surface area (Å²) in [5.41, 5.74) is 4.00. The topological polar surface area (TPSA) is 81.4 Å². The van der Waals surface area contributed by atoms with Crippen LogP contribution in [-0.2, 0) is 22.7 Å². The summed E-state index contributed by atoms with van der Waals surface area (Å²) in [6.07, 6.45) is -1.06. The largest absolute Gasteiger partial charge is 0.381 e. The summed E-state index contributed by atoms with van der Waals surface area (Å²) < 4.78 is 20.7. The van der Waals surface area contributed by atoms with Gasteiger partial charge in [-0.1, -0.05) is 13.8 Å². The molecule has 1 unspecified atom stereocenters. The van der Waals surface area contributed by atoms with Crippen molar-refractivity contribution in [2.45, 2.75) is 47.0 Å². The van der Waals surface area contributed by atoms with E-state index in [-0.39, 0.29) is 29.1 Å². The first-order valence-electron chi connectivity index (χ1n) is 9.86. The molecule has 1 N–H and O–H groups in total. The number of pyridine rings is 2. The van der Waals surface area contributed by atoms with Crippen LogP contribution < -0.4 is 5.56 Å². The Morgan fingerprint density at radius 3 is 2.63 bits per heavy atom. The molecule has 2 aromatic heterocycles. The van der Waals surface area contributed by atoms with Gasteiger partial charge in [-0.25, -0.2) is 9.37 Å². The van der Waals surface area contributed by atoms with Crippen LogP contribution >= 0.6 is 0 Å². The summed E-state index contributed by atoms with van der Waals surface area (Å²) in [6, 6.07) is 4.75. The number of aldehydes is 1. The Morgan fingerprint density at radius 1 is 1.30 bits per heavy atom. The molecule has 0 amide bonds. The molecule has 6 nitrogen and oxygen atoms in total. The highest BCUT2D eigenvalue weighted by Gasteiger charge is 2.28. The quantitative estimate of drug-likeness (QED) is 0.518. The number of hydrogen-bond donors (Lipinski definition) is 1. The molecular weight excluding hydrogens is 387 g/mol. The van der Waals surface area contributed by atoms with Crippen LogP contribution in [0.3, 0.4) is 0 Å². The predicted octanol–water partition coefficient (Wildman–Crippen LogP) is 3.59. The first-order chi connectivity index (χ1) is 14.4. The number of benzene rings is 1. The van der Waals surface area contributed by atoms with Gasteiger partial charge >= 0.3 is 0 Å². The molecule has 1 aromatic carbocycles. The molecular formula is C23H25FN2O4. The van der Waals surface area contributed by atoms with E-state index in [0.29, 0.717) is 35.3 Å². The number of aryl methyl sites for hydroxylation is 2. The second kappa shape index (κ2) is 8.45. The van der Waals surface area contributed by atoms with Gasteiger partial charge in [0.1, 0.15) is 11.9 Å². The van der Waals surface area contributed by atoms with Crippen molar-refractivity contribution in [3.05, 3.63) is 62.2 Å². The molecule has 0 bridgehead atoms. The van der Waals surface area contributed by atoms with Gasteiger partial charge in [-0.3, -0.25) is 4.79 Å². The number of carbonyl (C=O) groups is 1. The van der Waals surface area contributed by atoms with Gasteiger partial charge < -0.3 is 19.2 Å². The van der Waals surface area contributed by atoms with E-state index in [1.165, 1.54) is 13.2 Å². The molecule has 0 saturated carbocycles. The number of halogens is 1. The van der Waals surface area contributed by atoms with E-state index in [2.05, 4.69) is 4.98 Å². The Morgan fingerprint density at radius 2 is 2.00 bits per heavy atom. The van der Waals surface area contributed by atoms with E-state index in [1.54, 1.807) is 23.6 Å². The van der Waals surface area contributed by atoms with Gasteiger partial charge in [0.05, 0.1) is 30.1 Å². The van der Waals surface area contributed by atoms with Gasteiger partial charge in [-0.15, -0.1) is 0 Å². The minimum atomic E-state index is -1.44. The molecule has 0 aliphatic carbocycles. The molecule has 0 saturated heterocycles. The molecule has 7 heteroatoms. The van der Waals surface area contributed by atoms with E-state index in [1.807, 2.05) is 20.8 Å². The number of aromatic nitrogens is 2. The van der Waals surface area contributed by atoms with Crippen LogP contribution in [0.25, 0.3) is 22.3 Å². The van der Waals surface area contributed by atoms with Gasteiger partial charge in [-0.2, -0.15) is 0 Å². The van der Waals surface area contributed by atoms with Crippen molar-refractivity contribution in [1.82, 2.24) is 9.55 Å². The maximum absolute atomic E-state index is 14.1. The lowest BCUT2D eigenvalue weighted by Crippen LogP contribution is -2.26. The van der Waals surface area contributed by atoms with E-state index in [4.69, 9.17) is 4.74 Å². The van der Waals surface area contributed by atoms with Gasteiger partial charge in [-0.05, 0) is 37.1 Å². The molecule has 3 aromatic rings. The second-order valence-electron chi connectivity index (χ2n) is 7.05. The van der Waals surface area contributed by atoms with Crippen molar-refractivity contribution < 1.29 is 19.0 Å². The maximum atomic E-state index is 14.1. The number of rotatable bonds is 4. The predicted molar refractivity (Wildman–Crippen MR) is 113 cm³/mol. The molecule has 30 heavy (non-hydrogen) atoms. The molecule has 0 fully saturated rings. The van der Waals surface area contributed by atoms with Gasteiger partial charge in [0, 0.05) is 35.3 Å². The molecule has 158 valence electrons. The summed E-state index contributed by atoms with van der Waals surface area (Å²) in [6.45, 7) is 7.93. The Hall–Kier alpha value is -2.90. The van der Waals surface area contributed by atoms with Crippen molar-refractivity contribution in [1.29, 1.82) is 0 Å². The van der Waals surface area contributed by atoms with Crippen molar-refractivity contribution in [2.75, 3.05) is 7.11 Å². The van der Waals surface area contributed by atoms with Crippen LogP contribution in [0, 0.1) is 19.7 Å². The average Bonchev–Trinajstić information content (AvgIpc) is 3.12. The van der Waals surface area contributed by atoms with E-state index < -0.39 is 6.10 Å². The molecule has 1 aliphatic heterocycles. The monoisotopic (exact) mass is 412 g/mol. The standard InChI is InChI=1S/C21H19FN2O4.C2H6/c1-10-4-12-11(2)14-7-24-18(20(14)23-17(12)6-16(10)22)5-13(19(26)8-25)15(9-28-3)21(24)27;1-2/h4-6,8,19,26H,7,9H2,1-3H3;1-2H3. The Kier molecular flexibility index (Phi) is 6.14. The van der Waals surface area contributed by atoms with Crippen molar-refractivity contribution in [2.24, 2.45) is 0 Å².